The summed E-state index contributed by atoms with van der Waals surface area (Å²) in [6.07, 6.45) is -0.489. The number of rotatable bonds is 10. The Bertz CT molecular complexity index is 197. The summed E-state index contributed by atoms with van der Waals surface area (Å²) >= 11 is 0. The van der Waals surface area contributed by atoms with E-state index in [2.05, 4.69) is 30.8 Å². The average molecular weight is 269 g/mol. The first-order valence-corrected chi connectivity index (χ1v) is 6.78. The van der Waals surface area contributed by atoms with Crippen LogP contribution in [0.25, 0.3) is 0 Å². The van der Waals surface area contributed by atoms with Crippen molar-refractivity contribution < 1.29 is 17.9 Å². The molecule has 0 fully saturated rings. The Morgan fingerprint density at radius 2 is 1.89 bits per heavy atom. The molecule has 0 aliphatic carbocycles. The minimum atomic E-state index is -4.21. The lowest BCUT2D eigenvalue weighted by molar-refractivity contribution is -0.174. The monoisotopic (exact) mass is 269 g/mol. The lowest BCUT2D eigenvalue weighted by Gasteiger charge is -2.24. The van der Waals surface area contributed by atoms with Crippen LogP contribution in [0.3, 0.4) is 0 Å². The van der Waals surface area contributed by atoms with Gasteiger partial charge in [-0.05, 0) is 38.1 Å². The molecular formula is C13H26F3NO. The fourth-order valence-electron chi connectivity index (χ4n) is 1.97. The minimum absolute atomic E-state index is 0.189. The first-order valence-electron chi connectivity index (χ1n) is 6.78. The van der Waals surface area contributed by atoms with E-state index in [0.29, 0.717) is 18.4 Å². The summed E-state index contributed by atoms with van der Waals surface area (Å²) in [4.78, 5) is 0. The van der Waals surface area contributed by atoms with E-state index in [1.807, 2.05) is 0 Å². The first-order chi connectivity index (χ1) is 8.40. The van der Waals surface area contributed by atoms with Gasteiger partial charge in [0.2, 0.25) is 0 Å². The Morgan fingerprint density at radius 3 is 2.39 bits per heavy atom. The third-order valence-corrected chi connectivity index (χ3v) is 3.00. The molecule has 0 saturated carbocycles. The van der Waals surface area contributed by atoms with E-state index in [9.17, 15) is 13.2 Å². The average Bonchev–Trinajstić information content (AvgIpc) is 2.28. The van der Waals surface area contributed by atoms with E-state index in [-0.39, 0.29) is 6.61 Å². The van der Waals surface area contributed by atoms with Crippen molar-refractivity contribution in [2.45, 2.75) is 58.7 Å². The third kappa shape index (κ3) is 9.71. The summed E-state index contributed by atoms with van der Waals surface area (Å²) in [5.74, 6) is 0.469. The van der Waals surface area contributed by atoms with Crippen LogP contribution in [0.2, 0.25) is 0 Å². The fraction of sp³-hybridized carbons (Fsp3) is 1.00. The van der Waals surface area contributed by atoms with E-state index in [0.717, 1.165) is 25.8 Å². The number of ether oxygens (including phenoxy) is 1. The number of alkyl halides is 3. The van der Waals surface area contributed by atoms with Crippen LogP contribution in [-0.4, -0.2) is 32.0 Å². The molecule has 1 N–H and O–H groups in total. The van der Waals surface area contributed by atoms with E-state index in [1.165, 1.54) is 0 Å². The van der Waals surface area contributed by atoms with Crippen molar-refractivity contribution in [3.63, 3.8) is 0 Å². The molecule has 0 aliphatic heterocycles. The Kier molecular flexibility index (Phi) is 9.46. The van der Waals surface area contributed by atoms with Gasteiger partial charge in [-0.2, -0.15) is 13.2 Å². The van der Waals surface area contributed by atoms with Gasteiger partial charge in [-0.25, -0.2) is 0 Å². The maximum atomic E-state index is 11.8. The predicted octanol–water partition coefficient (Wildman–Crippen LogP) is 3.76. The van der Waals surface area contributed by atoms with Crippen LogP contribution < -0.4 is 5.32 Å². The molecule has 0 bridgehead atoms. The SMILES string of the molecule is CCCNC(CC)C(C)CCCOCC(F)(F)F. The van der Waals surface area contributed by atoms with Crippen LogP contribution in [-0.2, 0) is 4.74 Å². The quantitative estimate of drug-likeness (QED) is 0.610. The highest BCUT2D eigenvalue weighted by Crippen LogP contribution is 2.16. The number of nitrogens with one attached hydrogen (secondary N) is 1. The van der Waals surface area contributed by atoms with E-state index >= 15 is 0 Å². The highest BCUT2D eigenvalue weighted by atomic mass is 19.4. The molecule has 18 heavy (non-hydrogen) atoms. The Balaban J connectivity index is 3.64. The van der Waals surface area contributed by atoms with Crippen molar-refractivity contribution in [2.75, 3.05) is 19.8 Å². The molecule has 2 nitrogen and oxygen atoms in total. The van der Waals surface area contributed by atoms with Gasteiger partial charge in [-0.15, -0.1) is 0 Å². The molecule has 0 amide bonds. The summed E-state index contributed by atoms with van der Waals surface area (Å²) in [6.45, 7) is 6.44. The van der Waals surface area contributed by atoms with Crippen LogP contribution in [0, 0.1) is 5.92 Å². The molecule has 0 heterocycles. The minimum Gasteiger partial charge on any atom is -0.372 e. The maximum Gasteiger partial charge on any atom is 0.411 e. The molecule has 5 heteroatoms. The van der Waals surface area contributed by atoms with Crippen LogP contribution in [0.4, 0.5) is 13.2 Å². The normalized spacial score (nSPS) is 15.7. The zero-order valence-electron chi connectivity index (χ0n) is 11.6. The zero-order chi connectivity index (χ0) is 14.0. The molecule has 0 aromatic heterocycles. The second-order valence-electron chi connectivity index (χ2n) is 4.76. The summed E-state index contributed by atoms with van der Waals surface area (Å²) in [7, 11) is 0. The van der Waals surface area contributed by atoms with Crippen LogP contribution in [0.1, 0.15) is 46.5 Å². The molecule has 0 saturated heterocycles. The second-order valence-corrected chi connectivity index (χ2v) is 4.76. The number of hydrogen-bond donors (Lipinski definition) is 1. The zero-order valence-corrected chi connectivity index (χ0v) is 11.6. The molecular weight excluding hydrogens is 243 g/mol. The molecule has 2 atom stereocenters. The molecule has 0 spiro atoms. The van der Waals surface area contributed by atoms with Gasteiger partial charge in [0.25, 0.3) is 0 Å². The summed E-state index contributed by atoms with van der Waals surface area (Å²) in [6, 6.07) is 0.451. The van der Waals surface area contributed by atoms with E-state index in [1.54, 1.807) is 0 Å². The van der Waals surface area contributed by atoms with Crippen LogP contribution in [0.15, 0.2) is 0 Å². The number of halogens is 3. The molecule has 0 rings (SSSR count). The van der Waals surface area contributed by atoms with Crippen molar-refractivity contribution in [3.05, 3.63) is 0 Å². The number of hydrogen-bond acceptors (Lipinski definition) is 2. The molecule has 110 valence electrons. The Labute approximate surface area is 108 Å². The lowest BCUT2D eigenvalue weighted by Crippen LogP contribution is -2.35. The Hall–Kier alpha value is -0.290. The van der Waals surface area contributed by atoms with E-state index in [4.69, 9.17) is 0 Å². The van der Waals surface area contributed by atoms with Gasteiger partial charge >= 0.3 is 6.18 Å². The van der Waals surface area contributed by atoms with Gasteiger partial charge in [-0.3, -0.25) is 0 Å². The summed E-state index contributed by atoms with van der Waals surface area (Å²) in [5.41, 5.74) is 0. The van der Waals surface area contributed by atoms with Crippen LogP contribution in [0.5, 0.6) is 0 Å². The summed E-state index contributed by atoms with van der Waals surface area (Å²) < 4.78 is 40.1. The smallest absolute Gasteiger partial charge is 0.372 e. The highest BCUT2D eigenvalue weighted by Gasteiger charge is 2.27. The van der Waals surface area contributed by atoms with Crippen molar-refractivity contribution in [1.29, 1.82) is 0 Å². The fourth-order valence-corrected chi connectivity index (χ4v) is 1.97. The topological polar surface area (TPSA) is 21.3 Å². The Morgan fingerprint density at radius 1 is 1.22 bits per heavy atom. The molecule has 0 aromatic rings. The van der Waals surface area contributed by atoms with Crippen molar-refractivity contribution in [3.8, 4) is 0 Å². The standard InChI is InChI=1S/C13H26F3NO/c1-4-8-17-12(5-2)11(3)7-6-9-18-10-13(14,15)16/h11-12,17H,4-10H2,1-3H3. The third-order valence-electron chi connectivity index (χ3n) is 3.00. The summed E-state index contributed by atoms with van der Waals surface area (Å²) in [5, 5.41) is 3.46. The second kappa shape index (κ2) is 9.62. The first kappa shape index (κ1) is 17.7. The van der Waals surface area contributed by atoms with Gasteiger partial charge in [0.1, 0.15) is 6.61 Å². The van der Waals surface area contributed by atoms with Gasteiger partial charge in [0.05, 0.1) is 0 Å². The van der Waals surface area contributed by atoms with Crippen LogP contribution >= 0.6 is 0 Å². The molecule has 0 aliphatic rings. The van der Waals surface area contributed by atoms with Crippen molar-refractivity contribution >= 4 is 0 Å². The van der Waals surface area contributed by atoms with Gasteiger partial charge in [0, 0.05) is 12.6 Å². The van der Waals surface area contributed by atoms with Crippen molar-refractivity contribution in [2.24, 2.45) is 5.92 Å². The largest absolute Gasteiger partial charge is 0.411 e. The van der Waals surface area contributed by atoms with Crippen molar-refractivity contribution in [1.82, 2.24) is 5.32 Å². The predicted molar refractivity (Wildman–Crippen MR) is 67.6 cm³/mol. The van der Waals surface area contributed by atoms with E-state index < -0.39 is 12.8 Å². The lowest BCUT2D eigenvalue weighted by atomic mass is 9.94. The van der Waals surface area contributed by atoms with Gasteiger partial charge in [-0.1, -0.05) is 20.8 Å². The van der Waals surface area contributed by atoms with Gasteiger partial charge < -0.3 is 10.1 Å². The highest BCUT2D eigenvalue weighted by molar-refractivity contribution is 4.71. The molecule has 0 aromatic carbocycles. The molecule has 2 unspecified atom stereocenters. The maximum absolute atomic E-state index is 11.8. The molecule has 0 radical (unpaired) electrons. The van der Waals surface area contributed by atoms with Gasteiger partial charge in [0.15, 0.2) is 0 Å².